The van der Waals surface area contributed by atoms with Gasteiger partial charge in [0.25, 0.3) is 0 Å². The molecule has 0 saturated heterocycles. The second-order valence-electron chi connectivity index (χ2n) is 6.26. The van der Waals surface area contributed by atoms with E-state index in [0.717, 1.165) is 38.7 Å². The van der Waals surface area contributed by atoms with Crippen LogP contribution in [0.2, 0.25) is 0 Å². The molecular formula is C21H18N2O2S2. The third-order valence-corrected chi connectivity index (χ3v) is 5.93. The number of aromatic nitrogens is 1. The molecule has 0 spiro atoms. The number of allylic oxidation sites excluding steroid dienone is 1. The molecule has 1 aliphatic rings. The Morgan fingerprint density at radius 3 is 2.67 bits per heavy atom. The summed E-state index contributed by atoms with van der Waals surface area (Å²) in [6.07, 6.45) is 1.98. The van der Waals surface area contributed by atoms with E-state index in [0.29, 0.717) is 10.5 Å². The minimum Gasteiger partial charge on any atom is -0.497 e. The van der Waals surface area contributed by atoms with Gasteiger partial charge >= 0.3 is 0 Å². The molecule has 6 heteroatoms. The van der Waals surface area contributed by atoms with Gasteiger partial charge in [-0.2, -0.15) is 0 Å². The lowest BCUT2D eigenvalue weighted by atomic mass is 10.0. The number of benzene rings is 2. The van der Waals surface area contributed by atoms with E-state index in [1.54, 1.807) is 11.7 Å². The van der Waals surface area contributed by atoms with Crippen LogP contribution in [0.25, 0.3) is 11.6 Å². The Morgan fingerprint density at radius 1 is 1.19 bits per heavy atom. The second-order valence-corrected chi connectivity index (χ2v) is 7.94. The first-order valence-electron chi connectivity index (χ1n) is 8.49. The lowest BCUT2D eigenvalue weighted by molar-refractivity contribution is 0.414. The zero-order valence-corrected chi connectivity index (χ0v) is 16.6. The fourth-order valence-electron chi connectivity index (χ4n) is 3.11. The summed E-state index contributed by atoms with van der Waals surface area (Å²) < 4.78 is 7.58. The summed E-state index contributed by atoms with van der Waals surface area (Å²) in [6.45, 7) is 2.49. The SMILES string of the molecule is COc1ccc(Cn2c(O)c(/C=C3\C(C)=Nc4ccccc43)sc2=S)cc1. The average Bonchev–Trinajstić information content (AvgIpc) is 3.13. The van der Waals surface area contributed by atoms with Crippen molar-refractivity contribution >= 4 is 46.6 Å². The number of aromatic hydroxyl groups is 1. The first-order valence-corrected chi connectivity index (χ1v) is 9.71. The fraction of sp³-hybridized carbons (Fsp3) is 0.143. The Labute approximate surface area is 166 Å². The van der Waals surface area contributed by atoms with Crippen LogP contribution in [-0.4, -0.2) is 22.5 Å². The van der Waals surface area contributed by atoms with Crippen LogP contribution in [0.3, 0.4) is 0 Å². The predicted octanol–water partition coefficient (Wildman–Crippen LogP) is 5.69. The monoisotopic (exact) mass is 394 g/mol. The first kappa shape index (κ1) is 17.7. The van der Waals surface area contributed by atoms with Crippen LogP contribution in [-0.2, 0) is 6.54 Å². The summed E-state index contributed by atoms with van der Waals surface area (Å²) in [7, 11) is 1.64. The maximum atomic E-state index is 10.8. The fourth-order valence-corrected chi connectivity index (χ4v) is 4.36. The Morgan fingerprint density at radius 2 is 1.93 bits per heavy atom. The number of methoxy groups -OCH3 is 1. The molecule has 4 nitrogen and oxygen atoms in total. The maximum absolute atomic E-state index is 10.8. The third-order valence-electron chi connectivity index (χ3n) is 4.54. The van der Waals surface area contributed by atoms with E-state index in [1.807, 2.05) is 61.5 Å². The number of hydrogen-bond donors (Lipinski definition) is 1. The summed E-state index contributed by atoms with van der Waals surface area (Å²) in [5.74, 6) is 0.988. The van der Waals surface area contributed by atoms with E-state index in [2.05, 4.69) is 4.99 Å². The van der Waals surface area contributed by atoms with Gasteiger partial charge in [-0.05, 0) is 49.0 Å². The van der Waals surface area contributed by atoms with Gasteiger partial charge in [-0.1, -0.05) is 30.3 Å². The lowest BCUT2D eigenvalue weighted by Crippen LogP contribution is -1.99. The van der Waals surface area contributed by atoms with Gasteiger partial charge in [-0.3, -0.25) is 9.56 Å². The summed E-state index contributed by atoms with van der Waals surface area (Å²) in [5, 5.41) is 10.8. The standard InChI is InChI=1S/C21H18N2O2S2/c1-13-17(16-5-3-4-6-18(16)22-13)11-19-20(24)23(21(26)27-19)12-14-7-9-15(25-2)10-8-14/h3-11,24H,12H2,1-2H3/b17-11+. The van der Waals surface area contributed by atoms with Crippen LogP contribution in [0, 0.1) is 3.95 Å². The molecule has 3 aromatic rings. The molecule has 0 bridgehead atoms. The number of nitrogens with zero attached hydrogens (tertiary/aromatic N) is 2. The number of thiazole rings is 1. The molecule has 1 aromatic heterocycles. The molecule has 0 amide bonds. The summed E-state index contributed by atoms with van der Waals surface area (Å²) in [4.78, 5) is 5.34. The van der Waals surface area contributed by atoms with Crippen molar-refractivity contribution in [3.05, 3.63) is 68.5 Å². The van der Waals surface area contributed by atoms with E-state index in [-0.39, 0.29) is 5.88 Å². The Balaban J connectivity index is 1.69. The van der Waals surface area contributed by atoms with Crippen LogP contribution in [0.15, 0.2) is 53.5 Å². The van der Waals surface area contributed by atoms with Gasteiger partial charge in [0.1, 0.15) is 5.75 Å². The maximum Gasteiger partial charge on any atom is 0.210 e. The molecule has 0 aliphatic carbocycles. The van der Waals surface area contributed by atoms with Crippen molar-refractivity contribution in [3.8, 4) is 11.6 Å². The normalized spacial score (nSPS) is 14.3. The molecule has 0 atom stereocenters. The number of para-hydroxylation sites is 1. The van der Waals surface area contributed by atoms with Crippen molar-refractivity contribution in [2.75, 3.05) is 7.11 Å². The zero-order valence-electron chi connectivity index (χ0n) is 15.0. The summed E-state index contributed by atoms with van der Waals surface area (Å²) in [5.41, 5.74) is 5.05. The summed E-state index contributed by atoms with van der Waals surface area (Å²) >= 11 is 6.90. The highest BCUT2D eigenvalue weighted by Gasteiger charge is 2.19. The molecule has 136 valence electrons. The second kappa shape index (κ2) is 7.13. The number of fused-ring (bicyclic) bond motifs is 1. The van der Waals surface area contributed by atoms with Crippen LogP contribution in [0.5, 0.6) is 11.6 Å². The van der Waals surface area contributed by atoms with E-state index in [4.69, 9.17) is 17.0 Å². The van der Waals surface area contributed by atoms with Crippen molar-refractivity contribution in [2.45, 2.75) is 13.5 Å². The van der Waals surface area contributed by atoms with Crippen LogP contribution in [0.1, 0.15) is 22.9 Å². The van der Waals surface area contributed by atoms with E-state index in [9.17, 15) is 5.11 Å². The van der Waals surface area contributed by atoms with Crippen molar-refractivity contribution in [1.29, 1.82) is 0 Å². The smallest absolute Gasteiger partial charge is 0.210 e. The van der Waals surface area contributed by atoms with Gasteiger partial charge < -0.3 is 9.84 Å². The van der Waals surface area contributed by atoms with Gasteiger partial charge in [0.2, 0.25) is 5.88 Å². The van der Waals surface area contributed by atoms with E-state index >= 15 is 0 Å². The van der Waals surface area contributed by atoms with Crippen LogP contribution >= 0.6 is 23.6 Å². The number of rotatable bonds is 4. The molecule has 0 fully saturated rings. The Kier molecular flexibility index (Phi) is 4.68. The lowest BCUT2D eigenvalue weighted by Gasteiger charge is -2.06. The molecule has 2 heterocycles. The van der Waals surface area contributed by atoms with Crippen molar-refractivity contribution in [1.82, 2.24) is 4.57 Å². The quantitative estimate of drug-likeness (QED) is 0.578. The van der Waals surface area contributed by atoms with Crippen LogP contribution in [0.4, 0.5) is 5.69 Å². The Bertz CT molecular complexity index is 1120. The van der Waals surface area contributed by atoms with Crippen molar-refractivity contribution in [2.24, 2.45) is 4.99 Å². The molecule has 0 unspecified atom stereocenters. The topological polar surface area (TPSA) is 46.8 Å². The molecular weight excluding hydrogens is 376 g/mol. The van der Waals surface area contributed by atoms with Crippen molar-refractivity contribution in [3.63, 3.8) is 0 Å². The van der Waals surface area contributed by atoms with Crippen LogP contribution < -0.4 is 4.74 Å². The van der Waals surface area contributed by atoms with Gasteiger partial charge in [-0.25, -0.2) is 0 Å². The highest BCUT2D eigenvalue weighted by molar-refractivity contribution is 7.73. The number of ether oxygens (including phenoxy) is 1. The average molecular weight is 395 g/mol. The molecule has 0 radical (unpaired) electrons. The van der Waals surface area contributed by atoms with Gasteiger partial charge in [0.05, 0.1) is 24.2 Å². The number of aliphatic imine (C=N–C) groups is 1. The molecule has 4 rings (SSSR count). The minimum atomic E-state index is 0.186. The van der Waals surface area contributed by atoms with Crippen molar-refractivity contribution < 1.29 is 9.84 Å². The first-order chi connectivity index (χ1) is 13.1. The molecule has 0 saturated carbocycles. The summed E-state index contributed by atoms with van der Waals surface area (Å²) in [6, 6.07) is 15.8. The Hall–Kier alpha value is -2.70. The highest BCUT2D eigenvalue weighted by Crippen LogP contribution is 2.38. The number of hydrogen-bond acceptors (Lipinski definition) is 5. The van der Waals surface area contributed by atoms with Gasteiger partial charge in [-0.15, -0.1) is 11.3 Å². The van der Waals surface area contributed by atoms with Gasteiger partial charge in [0, 0.05) is 16.8 Å². The predicted molar refractivity (Wildman–Crippen MR) is 114 cm³/mol. The van der Waals surface area contributed by atoms with E-state index in [1.165, 1.54) is 11.3 Å². The van der Waals surface area contributed by atoms with Gasteiger partial charge in [0.15, 0.2) is 3.95 Å². The molecule has 27 heavy (non-hydrogen) atoms. The highest BCUT2D eigenvalue weighted by atomic mass is 32.1. The zero-order chi connectivity index (χ0) is 19.0. The van der Waals surface area contributed by atoms with E-state index < -0.39 is 0 Å². The largest absolute Gasteiger partial charge is 0.497 e. The third kappa shape index (κ3) is 3.34. The molecule has 1 aliphatic heterocycles. The minimum absolute atomic E-state index is 0.186. The molecule has 2 aromatic carbocycles. The molecule has 1 N–H and O–H groups in total.